The lowest BCUT2D eigenvalue weighted by Gasteiger charge is -2.47. The van der Waals surface area contributed by atoms with Crippen LogP contribution in [0, 0.1) is 0 Å². The van der Waals surface area contributed by atoms with Crippen molar-refractivity contribution in [3.05, 3.63) is 42.1 Å². The highest BCUT2D eigenvalue weighted by Gasteiger charge is 2.31. The molecule has 1 amide bonds. The van der Waals surface area contributed by atoms with Crippen molar-refractivity contribution in [3.63, 3.8) is 0 Å². The van der Waals surface area contributed by atoms with E-state index in [1.807, 2.05) is 43.4 Å². The summed E-state index contributed by atoms with van der Waals surface area (Å²) in [6.45, 7) is 6.30. The fraction of sp³-hybridized carbons (Fsp3) is 0.444. The van der Waals surface area contributed by atoms with Gasteiger partial charge in [-0.2, -0.15) is 5.10 Å². The van der Waals surface area contributed by atoms with Crippen LogP contribution in [0.1, 0.15) is 10.5 Å². The molecule has 4 heterocycles. The molecule has 2 aromatic rings. The van der Waals surface area contributed by atoms with E-state index in [1.165, 1.54) is 0 Å². The summed E-state index contributed by atoms with van der Waals surface area (Å²) in [5.41, 5.74) is 2.45. The van der Waals surface area contributed by atoms with Gasteiger partial charge in [-0.05, 0) is 6.07 Å². The van der Waals surface area contributed by atoms with Crippen molar-refractivity contribution in [2.45, 2.75) is 6.04 Å². The van der Waals surface area contributed by atoms with Crippen LogP contribution in [0.5, 0.6) is 0 Å². The number of fused-ring (bicyclic) bond motifs is 3. The third-order valence-electron chi connectivity index (χ3n) is 5.07. The minimum atomic E-state index is -0.0511. The number of aromatic nitrogens is 2. The van der Waals surface area contributed by atoms with Crippen molar-refractivity contribution >= 4 is 5.91 Å². The molecule has 3 fully saturated rings. The molecule has 5 rings (SSSR count). The van der Waals surface area contributed by atoms with E-state index in [2.05, 4.69) is 20.2 Å². The molecule has 6 heteroatoms. The number of piperazine rings is 3. The maximum Gasteiger partial charge on any atom is 0.269 e. The molecule has 1 aromatic heterocycles. The van der Waals surface area contributed by atoms with Gasteiger partial charge >= 0.3 is 0 Å². The molecule has 1 unspecified atom stereocenters. The van der Waals surface area contributed by atoms with E-state index in [9.17, 15) is 4.79 Å². The Morgan fingerprint density at radius 1 is 1.21 bits per heavy atom. The first-order valence-corrected chi connectivity index (χ1v) is 8.55. The van der Waals surface area contributed by atoms with Gasteiger partial charge in [-0.1, -0.05) is 30.3 Å². The van der Waals surface area contributed by atoms with Crippen LogP contribution in [-0.4, -0.2) is 70.8 Å². The summed E-state index contributed by atoms with van der Waals surface area (Å²) in [7, 11) is 1.82. The van der Waals surface area contributed by atoms with Gasteiger partial charge < -0.3 is 5.32 Å². The molecule has 1 atom stereocenters. The normalized spacial score (nSPS) is 25.6. The number of nitrogens with zero attached hydrogens (tertiary/aromatic N) is 4. The molecule has 0 spiro atoms. The quantitative estimate of drug-likeness (QED) is 0.904. The number of hydrogen-bond donors (Lipinski definition) is 1. The van der Waals surface area contributed by atoms with E-state index in [0.29, 0.717) is 18.3 Å². The van der Waals surface area contributed by atoms with Crippen LogP contribution in [0.3, 0.4) is 0 Å². The molecular formula is C18H23N5O. The minimum absolute atomic E-state index is 0.0511. The third-order valence-corrected chi connectivity index (χ3v) is 5.07. The Morgan fingerprint density at radius 3 is 2.62 bits per heavy atom. The summed E-state index contributed by atoms with van der Waals surface area (Å²) < 4.78 is 1.66. The van der Waals surface area contributed by atoms with Gasteiger partial charge in [0.05, 0.1) is 5.69 Å². The van der Waals surface area contributed by atoms with Crippen LogP contribution in [0.15, 0.2) is 36.4 Å². The minimum Gasteiger partial charge on any atom is -0.349 e. The SMILES string of the molecule is Cn1nc(-c2ccccc2)cc1C(=O)NCC1CN2CCN1CC2. The molecule has 24 heavy (non-hydrogen) atoms. The highest BCUT2D eigenvalue weighted by atomic mass is 16.2. The lowest BCUT2D eigenvalue weighted by molar-refractivity contribution is 0.0138. The number of carbonyl (C=O) groups is 1. The van der Waals surface area contributed by atoms with Crippen LogP contribution in [0.2, 0.25) is 0 Å². The van der Waals surface area contributed by atoms with Gasteiger partial charge in [0.1, 0.15) is 5.69 Å². The van der Waals surface area contributed by atoms with E-state index in [0.717, 1.165) is 44.0 Å². The Bertz CT molecular complexity index is 718. The number of hydrogen-bond acceptors (Lipinski definition) is 4. The largest absolute Gasteiger partial charge is 0.349 e. The number of rotatable bonds is 4. The van der Waals surface area contributed by atoms with Gasteiger partial charge in [-0.25, -0.2) is 0 Å². The highest BCUT2D eigenvalue weighted by Crippen LogP contribution is 2.19. The topological polar surface area (TPSA) is 53.4 Å². The summed E-state index contributed by atoms with van der Waals surface area (Å²) in [4.78, 5) is 17.5. The Morgan fingerprint density at radius 2 is 1.96 bits per heavy atom. The molecule has 6 nitrogen and oxygen atoms in total. The fourth-order valence-corrected chi connectivity index (χ4v) is 3.65. The standard InChI is InChI=1S/C18H23N5O/c1-21-17(11-16(20-21)14-5-3-2-4-6-14)18(24)19-12-15-13-22-7-9-23(15)10-8-22/h2-6,11,15H,7-10,12-13H2,1H3,(H,19,24). The third kappa shape index (κ3) is 2.95. The maximum absolute atomic E-state index is 12.6. The van der Waals surface area contributed by atoms with Crippen molar-refractivity contribution in [1.29, 1.82) is 0 Å². The van der Waals surface area contributed by atoms with Crippen molar-refractivity contribution in [2.75, 3.05) is 39.3 Å². The predicted octanol–water partition coefficient (Wildman–Crippen LogP) is 0.817. The molecule has 0 aliphatic carbocycles. The molecule has 1 N–H and O–H groups in total. The van der Waals surface area contributed by atoms with Crippen LogP contribution in [0.25, 0.3) is 11.3 Å². The average Bonchev–Trinajstić information content (AvgIpc) is 3.03. The molecule has 126 valence electrons. The van der Waals surface area contributed by atoms with E-state index >= 15 is 0 Å². The second-order valence-electron chi connectivity index (χ2n) is 6.60. The zero-order valence-corrected chi connectivity index (χ0v) is 14.0. The summed E-state index contributed by atoms with van der Waals surface area (Å²) in [6, 6.07) is 12.2. The van der Waals surface area contributed by atoms with Gasteiger partial charge in [0, 0.05) is 57.9 Å². The van der Waals surface area contributed by atoms with Gasteiger partial charge in [-0.3, -0.25) is 19.3 Å². The number of aryl methyl sites for hydroxylation is 1. The zero-order valence-electron chi connectivity index (χ0n) is 14.0. The van der Waals surface area contributed by atoms with Crippen molar-refractivity contribution in [3.8, 4) is 11.3 Å². The van der Waals surface area contributed by atoms with E-state index in [1.54, 1.807) is 4.68 Å². The summed E-state index contributed by atoms with van der Waals surface area (Å²) in [5, 5.41) is 7.56. The second-order valence-corrected chi connectivity index (χ2v) is 6.60. The van der Waals surface area contributed by atoms with Crippen molar-refractivity contribution in [1.82, 2.24) is 24.9 Å². The fourth-order valence-electron chi connectivity index (χ4n) is 3.65. The van der Waals surface area contributed by atoms with Crippen molar-refractivity contribution < 1.29 is 4.79 Å². The molecular weight excluding hydrogens is 302 g/mol. The van der Waals surface area contributed by atoms with Crippen LogP contribution in [-0.2, 0) is 7.05 Å². The van der Waals surface area contributed by atoms with Gasteiger partial charge in [0.25, 0.3) is 5.91 Å². The van der Waals surface area contributed by atoms with Gasteiger partial charge in [0.15, 0.2) is 0 Å². The van der Waals surface area contributed by atoms with Gasteiger partial charge in [0.2, 0.25) is 0 Å². The predicted molar refractivity (Wildman–Crippen MR) is 92.8 cm³/mol. The second kappa shape index (κ2) is 6.37. The maximum atomic E-state index is 12.6. The number of nitrogens with one attached hydrogen (secondary N) is 1. The summed E-state index contributed by atoms with van der Waals surface area (Å²) >= 11 is 0. The Hall–Kier alpha value is -2.18. The van der Waals surface area contributed by atoms with E-state index in [-0.39, 0.29) is 5.91 Å². The van der Waals surface area contributed by atoms with E-state index < -0.39 is 0 Å². The first-order chi connectivity index (χ1) is 11.7. The van der Waals surface area contributed by atoms with Crippen LogP contribution in [0.4, 0.5) is 0 Å². The summed E-state index contributed by atoms with van der Waals surface area (Å²) in [6.07, 6.45) is 0. The zero-order chi connectivity index (χ0) is 16.5. The molecule has 0 saturated carbocycles. The molecule has 3 saturated heterocycles. The van der Waals surface area contributed by atoms with Gasteiger partial charge in [-0.15, -0.1) is 0 Å². The Kier molecular flexibility index (Phi) is 4.08. The average molecular weight is 325 g/mol. The number of carbonyl (C=O) groups excluding carboxylic acids is 1. The lowest BCUT2D eigenvalue weighted by atomic mass is 10.1. The van der Waals surface area contributed by atoms with Crippen LogP contribution >= 0.6 is 0 Å². The monoisotopic (exact) mass is 325 g/mol. The molecule has 3 aliphatic rings. The Balaban J connectivity index is 1.42. The molecule has 2 bridgehead atoms. The van der Waals surface area contributed by atoms with E-state index in [4.69, 9.17) is 0 Å². The molecule has 0 radical (unpaired) electrons. The number of amides is 1. The smallest absolute Gasteiger partial charge is 0.269 e. The number of benzene rings is 1. The molecule has 3 aliphatic heterocycles. The first kappa shape index (κ1) is 15.4. The lowest BCUT2D eigenvalue weighted by Crippen LogP contribution is -2.63. The first-order valence-electron chi connectivity index (χ1n) is 8.55. The molecule has 1 aromatic carbocycles. The highest BCUT2D eigenvalue weighted by molar-refractivity contribution is 5.93. The van der Waals surface area contributed by atoms with Crippen LogP contribution < -0.4 is 5.32 Å². The van der Waals surface area contributed by atoms with Crippen molar-refractivity contribution in [2.24, 2.45) is 7.05 Å². The summed E-state index contributed by atoms with van der Waals surface area (Å²) in [5.74, 6) is -0.0511. The Labute approximate surface area is 142 Å².